The molecule has 134 valence electrons. The molecule has 4 rings (SSSR count). The topological polar surface area (TPSA) is 101 Å². The van der Waals surface area contributed by atoms with E-state index in [-0.39, 0.29) is 17.1 Å². The van der Waals surface area contributed by atoms with Gasteiger partial charge in [0.1, 0.15) is 5.82 Å². The standard InChI is InChI=1S/C18H14FN7O/c1-11-3-2-4-14(9-11)21-15-16(23-18-17(22-15)25-27-26-18)24-20-10-12-5-7-13(19)8-6-12/h2-10H,1H3,(H,21,22,25)(H,23,24,26)/b20-10+. The summed E-state index contributed by atoms with van der Waals surface area (Å²) in [5.41, 5.74) is 6.02. The summed E-state index contributed by atoms with van der Waals surface area (Å²) in [6, 6.07) is 13.8. The minimum absolute atomic E-state index is 0.254. The molecule has 0 bridgehead atoms. The molecular formula is C18H14FN7O. The van der Waals surface area contributed by atoms with Crippen molar-refractivity contribution >= 4 is 34.8 Å². The highest BCUT2D eigenvalue weighted by atomic mass is 19.1. The Kier molecular flexibility index (Phi) is 4.40. The van der Waals surface area contributed by atoms with Crippen molar-refractivity contribution in [2.24, 2.45) is 5.10 Å². The number of fused-ring (bicyclic) bond motifs is 1. The number of rotatable bonds is 5. The number of aryl methyl sites for hydroxylation is 1. The fourth-order valence-electron chi connectivity index (χ4n) is 2.38. The average molecular weight is 363 g/mol. The Hall–Kier alpha value is -3.88. The average Bonchev–Trinajstić information content (AvgIpc) is 3.11. The fourth-order valence-corrected chi connectivity index (χ4v) is 2.38. The summed E-state index contributed by atoms with van der Waals surface area (Å²) in [6.45, 7) is 1.99. The van der Waals surface area contributed by atoms with Crippen molar-refractivity contribution in [3.05, 3.63) is 65.5 Å². The molecule has 0 saturated heterocycles. The normalized spacial score (nSPS) is 11.2. The molecule has 0 unspecified atom stereocenters. The van der Waals surface area contributed by atoms with Gasteiger partial charge in [0.05, 0.1) is 6.21 Å². The van der Waals surface area contributed by atoms with E-state index in [1.54, 1.807) is 18.3 Å². The van der Waals surface area contributed by atoms with Crippen LogP contribution in [0.1, 0.15) is 11.1 Å². The molecule has 2 aromatic carbocycles. The van der Waals surface area contributed by atoms with Gasteiger partial charge in [0.2, 0.25) is 11.3 Å². The predicted octanol–water partition coefficient (Wildman–Crippen LogP) is 3.65. The van der Waals surface area contributed by atoms with Crippen LogP contribution in [0.25, 0.3) is 11.3 Å². The van der Waals surface area contributed by atoms with E-state index in [4.69, 9.17) is 0 Å². The van der Waals surface area contributed by atoms with Crippen LogP contribution in [0.15, 0.2) is 58.3 Å². The maximum Gasteiger partial charge on any atom is 0.245 e. The minimum atomic E-state index is -0.306. The van der Waals surface area contributed by atoms with Crippen LogP contribution in [0.4, 0.5) is 21.7 Å². The molecular weight excluding hydrogens is 349 g/mol. The van der Waals surface area contributed by atoms with Gasteiger partial charge in [0.15, 0.2) is 11.6 Å². The molecule has 0 spiro atoms. The number of anilines is 3. The summed E-state index contributed by atoms with van der Waals surface area (Å²) in [5, 5.41) is 14.7. The van der Waals surface area contributed by atoms with Gasteiger partial charge >= 0.3 is 0 Å². The van der Waals surface area contributed by atoms with E-state index in [2.05, 4.69) is 40.8 Å². The van der Waals surface area contributed by atoms with E-state index in [0.29, 0.717) is 11.6 Å². The van der Waals surface area contributed by atoms with E-state index in [1.807, 2.05) is 31.2 Å². The maximum atomic E-state index is 13.0. The third-order valence-corrected chi connectivity index (χ3v) is 3.65. The van der Waals surface area contributed by atoms with Gasteiger partial charge in [0, 0.05) is 5.69 Å². The molecule has 2 N–H and O–H groups in total. The van der Waals surface area contributed by atoms with E-state index >= 15 is 0 Å². The number of aromatic nitrogens is 4. The molecule has 2 heterocycles. The van der Waals surface area contributed by atoms with Crippen molar-refractivity contribution in [1.29, 1.82) is 0 Å². The van der Waals surface area contributed by atoms with Crippen LogP contribution in [0.3, 0.4) is 0 Å². The lowest BCUT2D eigenvalue weighted by Gasteiger charge is -2.09. The lowest BCUT2D eigenvalue weighted by atomic mass is 10.2. The molecule has 0 aliphatic carbocycles. The number of nitrogens with one attached hydrogen (secondary N) is 2. The SMILES string of the molecule is Cc1cccc(Nc2nc3nonc3nc2N/N=C/c2ccc(F)cc2)c1. The van der Waals surface area contributed by atoms with E-state index in [1.165, 1.54) is 12.1 Å². The highest BCUT2D eigenvalue weighted by Gasteiger charge is 2.12. The number of benzene rings is 2. The van der Waals surface area contributed by atoms with Crippen LogP contribution >= 0.6 is 0 Å². The van der Waals surface area contributed by atoms with Gasteiger partial charge in [-0.1, -0.05) is 24.3 Å². The minimum Gasteiger partial charge on any atom is -0.337 e. The van der Waals surface area contributed by atoms with Crippen molar-refractivity contribution in [3.8, 4) is 0 Å². The molecule has 0 aliphatic heterocycles. The highest BCUT2D eigenvalue weighted by Crippen LogP contribution is 2.24. The first-order valence-corrected chi connectivity index (χ1v) is 8.06. The van der Waals surface area contributed by atoms with Gasteiger partial charge in [-0.3, -0.25) is 5.43 Å². The quantitative estimate of drug-likeness (QED) is 0.412. The summed E-state index contributed by atoms with van der Waals surface area (Å²) < 4.78 is 17.6. The van der Waals surface area contributed by atoms with Crippen molar-refractivity contribution in [1.82, 2.24) is 20.3 Å². The molecule has 8 nitrogen and oxygen atoms in total. The van der Waals surface area contributed by atoms with Crippen LogP contribution in [0.2, 0.25) is 0 Å². The molecule has 0 amide bonds. The third-order valence-electron chi connectivity index (χ3n) is 3.65. The Morgan fingerprint density at radius 2 is 1.74 bits per heavy atom. The Bertz CT molecular complexity index is 1110. The second-order valence-electron chi connectivity index (χ2n) is 5.75. The maximum absolute atomic E-state index is 13.0. The largest absolute Gasteiger partial charge is 0.337 e. The zero-order valence-electron chi connectivity index (χ0n) is 14.2. The molecule has 2 aromatic heterocycles. The summed E-state index contributed by atoms with van der Waals surface area (Å²) in [7, 11) is 0. The smallest absolute Gasteiger partial charge is 0.245 e. The zero-order chi connectivity index (χ0) is 18.6. The summed E-state index contributed by atoms with van der Waals surface area (Å²) >= 11 is 0. The first-order valence-electron chi connectivity index (χ1n) is 8.06. The van der Waals surface area contributed by atoms with Gasteiger partial charge in [-0.05, 0) is 52.6 Å². The molecule has 9 heteroatoms. The molecule has 4 aromatic rings. The van der Waals surface area contributed by atoms with E-state index in [0.717, 1.165) is 16.8 Å². The Morgan fingerprint density at radius 3 is 2.48 bits per heavy atom. The Labute approximate surface area is 153 Å². The van der Waals surface area contributed by atoms with E-state index in [9.17, 15) is 4.39 Å². The van der Waals surface area contributed by atoms with Gasteiger partial charge in [-0.2, -0.15) is 10.1 Å². The number of nitrogens with zero attached hydrogens (tertiary/aromatic N) is 5. The Balaban J connectivity index is 1.62. The number of hydrogen-bond donors (Lipinski definition) is 2. The van der Waals surface area contributed by atoms with Gasteiger partial charge in [0.25, 0.3) is 0 Å². The molecule has 0 saturated carbocycles. The summed E-state index contributed by atoms with van der Waals surface area (Å²) in [4.78, 5) is 8.69. The molecule has 27 heavy (non-hydrogen) atoms. The van der Waals surface area contributed by atoms with E-state index < -0.39 is 0 Å². The number of halogens is 1. The lowest BCUT2D eigenvalue weighted by molar-refractivity contribution is 0.314. The Morgan fingerprint density at radius 1 is 1.00 bits per heavy atom. The van der Waals surface area contributed by atoms with Crippen LogP contribution in [0.5, 0.6) is 0 Å². The number of hydrogen-bond acceptors (Lipinski definition) is 8. The highest BCUT2D eigenvalue weighted by molar-refractivity contribution is 5.81. The van der Waals surface area contributed by atoms with Crippen LogP contribution in [-0.4, -0.2) is 26.5 Å². The van der Waals surface area contributed by atoms with Crippen molar-refractivity contribution in [2.75, 3.05) is 10.7 Å². The van der Waals surface area contributed by atoms with Crippen LogP contribution < -0.4 is 10.7 Å². The van der Waals surface area contributed by atoms with Crippen molar-refractivity contribution in [2.45, 2.75) is 6.92 Å². The second kappa shape index (κ2) is 7.16. The summed E-state index contributed by atoms with van der Waals surface area (Å²) in [6.07, 6.45) is 1.54. The first-order chi connectivity index (χ1) is 13.2. The molecule has 0 atom stereocenters. The zero-order valence-corrected chi connectivity index (χ0v) is 14.2. The van der Waals surface area contributed by atoms with Gasteiger partial charge in [-0.15, -0.1) is 0 Å². The predicted molar refractivity (Wildman–Crippen MR) is 99.5 cm³/mol. The number of hydrazone groups is 1. The lowest BCUT2D eigenvalue weighted by Crippen LogP contribution is -2.03. The van der Waals surface area contributed by atoms with Gasteiger partial charge < -0.3 is 5.32 Å². The monoisotopic (exact) mass is 363 g/mol. The van der Waals surface area contributed by atoms with Crippen LogP contribution in [0, 0.1) is 12.7 Å². The fraction of sp³-hybridized carbons (Fsp3) is 0.0556. The van der Waals surface area contributed by atoms with Crippen molar-refractivity contribution < 1.29 is 9.02 Å². The first kappa shape index (κ1) is 16.6. The molecule has 0 aliphatic rings. The summed E-state index contributed by atoms with van der Waals surface area (Å²) in [5.74, 6) is 0.456. The van der Waals surface area contributed by atoms with Crippen LogP contribution in [-0.2, 0) is 0 Å². The third kappa shape index (κ3) is 3.87. The van der Waals surface area contributed by atoms with Crippen molar-refractivity contribution in [3.63, 3.8) is 0 Å². The molecule has 0 fully saturated rings. The molecule has 0 radical (unpaired) electrons. The van der Waals surface area contributed by atoms with Gasteiger partial charge in [-0.25, -0.2) is 14.0 Å². The second-order valence-corrected chi connectivity index (χ2v) is 5.75.